The molecule has 0 bridgehead atoms. The van der Waals surface area contributed by atoms with Gasteiger partial charge in [-0.2, -0.15) is 0 Å². The summed E-state index contributed by atoms with van der Waals surface area (Å²) in [5.41, 5.74) is 11.7. The monoisotopic (exact) mass is 665 g/mol. The number of ether oxygens (including phenoxy) is 2. The van der Waals surface area contributed by atoms with Crippen molar-refractivity contribution in [2.24, 2.45) is 0 Å². The van der Waals surface area contributed by atoms with Crippen LogP contribution in [-0.2, 0) is 5.41 Å². The van der Waals surface area contributed by atoms with Crippen LogP contribution in [0.3, 0.4) is 0 Å². The summed E-state index contributed by atoms with van der Waals surface area (Å²) in [7, 11) is 0. The van der Waals surface area contributed by atoms with E-state index in [0.717, 1.165) is 67.6 Å². The average molecular weight is 666 g/mol. The highest BCUT2D eigenvalue weighted by atomic mass is 16.5. The SMILES string of the molecule is c1ccc(-c2cccc3c2C2(c4ccccc4Oc4ccc(-c5cccc6c5c5ccccc5n6-c5ccccc5)cc42)c2ccccc2O3)cc1. The molecule has 0 saturated carbocycles. The Morgan fingerprint density at radius 3 is 1.75 bits per heavy atom. The molecular formula is C49H31NO2. The molecule has 1 aromatic heterocycles. The van der Waals surface area contributed by atoms with Crippen LogP contribution < -0.4 is 9.47 Å². The van der Waals surface area contributed by atoms with Crippen molar-refractivity contribution in [3.63, 3.8) is 0 Å². The topological polar surface area (TPSA) is 23.4 Å². The Bertz CT molecular complexity index is 2810. The van der Waals surface area contributed by atoms with E-state index in [1.54, 1.807) is 0 Å². The molecule has 11 rings (SSSR count). The predicted molar refractivity (Wildman–Crippen MR) is 210 cm³/mol. The summed E-state index contributed by atoms with van der Waals surface area (Å²) in [4.78, 5) is 0. The molecule has 2 aliphatic rings. The quantitative estimate of drug-likeness (QED) is 0.187. The lowest BCUT2D eigenvalue weighted by atomic mass is 9.60. The van der Waals surface area contributed by atoms with Gasteiger partial charge in [0.2, 0.25) is 0 Å². The van der Waals surface area contributed by atoms with Gasteiger partial charge in [0, 0.05) is 38.7 Å². The normalized spacial score (nSPS) is 15.3. The molecule has 0 radical (unpaired) electrons. The van der Waals surface area contributed by atoms with E-state index in [0.29, 0.717) is 0 Å². The second-order valence-corrected chi connectivity index (χ2v) is 13.6. The van der Waals surface area contributed by atoms with Crippen LogP contribution in [-0.4, -0.2) is 4.57 Å². The number of benzene rings is 8. The van der Waals surface area contributed by atoms with E-state index >= 15 is 0 Å². The Morgan fingerprint density at radius 2 is 0.962 bits per heavy atom. The zero-order chi connectivity index (χ0) is 34.2. The summed E-state index contributed by atoms with van der Waals surface area (Å²) < 4.78 is 16.0. The molecule has 244 valence electrons. The number of para-hydroxylation sites is 4. The number of hydrogen-bond acceptors (Lipinski definition) is 2. The molecule has 1 unspecified atom stereocenters. The molecule has 0 amide bonds. The molecule has 0 N–H and O–H groups in total. The van der Waals surface area contributed by atoms with Gasteiger partial charge >= 0.3 is 0 Å². The van der Waals surface area contributed by atoms with Crippen molar-refractivity contribution in [3.05, 3.63) is 210 Å². The van der Waals surface area contributed by atoms with E-state index in [1.807, 2.05) is 0 Å². The maximum absolute atomic E-state index is 6.85. The molecule has 3 nitrogen and oxygen atoms in total. The van der Waals surface area contributed by atoms with Crippen molar-refractivity contribution in [2.75, 3.05) is 0 Å². The van der Waals surface area contributed by atoms with Crippen molar-refractivity contribution < 1.29 is 9.47 Å². The van der Waals surface area contributed by atoms with Crippen LogP contribution in [0.25, 0.3) is 49.7 Å². The van der Waals surface area contributed by atoms with Gasteiger partial charge in [-0.25, -0.2) is 0 Å². The third kappa shape index (κ3) is 3.96. The fourth-order valence-electron chi connectivity index (χ4n) is 8.86. The van der Waals surface area contributed by atoms with Gasteiger partial charge in [0.25, 0.3) is 0 Å². The third-order valence-electron chi connectivity index (χ3n) is 10.9. The van der Waals surface area contributed by atoms with Crippen LogP contribution in [0.4, 0.5) is 0 Å². The van der Waals surface area contributed by atoms with Crippen molar-refractivity contribution in [1.29, 1.82) is 0 Å². The van der Waals surface area contributed by atoms with Crippen molar-refractivity contribution in [2.45, 2.75) is 5.41 Å². The van der Waals surface area contributed by atoms with Gasteiger partial charge in [-0.15, -0.1) is 0 Å². The Hall–Kier alpha value is -6.84. The maximum Gasteiger partial charge on any atom is 0.132 e. The molecule has 1 atom stereocenters. The van der Waals surface area contributed by atoms with E-state index in [9.17, 15) is 0 Å². The number of fused-ring (bicyclic) bond motifs is 11. The first-order valence-corrected chi connectivity index (χ1v) is 17.8. The van der Waals surface area contributed by atoms with Gasteiger partial charge in [0.15, 0.2) is 0 Å². The lowest BCUT2D eigenvalue weighted by Gasteiger charge is -2.45. The van der Waals surface area contributed by atoms with Crippen molar-refractivity contribution in [1.82, 2.24) is 4.57 Å². The van der Waals surface area contributed by atoms with Gasteiger partial charge in [-0.05, 0) is 76.9 Å². The van der Waals surface area contributed by atoms with Gasteiger partial charge in [-0.1, -0.05) is 133 Å². The maximum atomic E-state index is 6.85. The van der Waals surface area contributed by atoms with Gasteiger partial charge < -0.3 is 14.0 Å². The fourth-order valence-corrected chi connectivity index (χ4v) is 8.86. The Kier molecular flexibility index (Phi) is 6.17. The molecule has 2 aliphatic heterocycles. The lowest BCUT2D eigenvalue weighted by molar-refractivity contribution is 0.400. The van der Waals surface area contributed by atoms with E-state index in [1.165, 1.54) is 27.4 Å². The molecule has 1 spiro atoms. The third-order valence-corrected chi connectivity index (χ3v) is 10.9. The minimum atomic E-state index is -0.733. The van der Waals surface area contributed by atoms with Crippen molar-refractivity contribution >= 4 is 21.8 Å². The fraction of sp³-hybridized carbons (Fsp3) is 0.0204. The van der Waals surface area contributed by atoms with Crippen LogP contribution in [0, 0.1) is 0 Å². The molecule has 8 aromatic carbocycles. The molecular weight excluding hydrogens is 635 g/mol. The van der Waals surface area contributed by atoms with Gasteiger partial charge in [0.05, 0.1) is 16.4 Å². The summed E-state index contributed by atoms with van der Waals surface area (Å²) in [5.74, 6) is 3.38. The number of hydrogen-bond donors (Lipinski definition) is 0. The smallest absolute Gasteiger partial charge is 0.132 e. The summed E-state index contributed by atoms with van der Waals surface area (Å²) >= 11 is 0. The van der Waals surface area contributed by atoms with E-state index < -0.39 is 5.41 Å². The second kappa shape index (κ2) is 11.1. The van der Waals surface area contributed by atoms with E-state index in [-0.39, 0.29) is 0 Å². The zero-order valence-corrected chi connectivity index (χ0v) is 28.2. The first kappa shape index (κ1) is 28.9. The second-order valence-electron chi connectivity index (χ2n) is 13.6. The van der Waals surface area contributed by atoms with Crippen LogP contribution >= 0.6 is 0 Å². The summed E-state index contributed by atoms with van der Waals surface area (Å²) in [6.45, 7) is 0. The molecule has 0 saturated heterocycles. The Morgan fingerprint density at radius 1 is 0.385 bits per heavy atom. The highest BCUT2D eigenvalue weighted by Gasteiger charge is 2.51. The predicted octanol–water partition coefficient (Wildman–Crippen LogP) is 12.7. The van der Waals surface area contributed by atoms with Crippen LogP contribution in [0.15, 0.2) is 188 Å². The Labute approximate surface area is 301 Å². The Balaban J connectivity index is 1.26. The summed E-state index contributed by atoms with van der Waals surface area (Å²) in [6, 6.07) is 67.0. The highest BCUT2D eigenvalue weighted by Crippen LogP contribution is 2.63. The summed E-state index contributed by atoms with van der Waals surface area (Å²) in [6.07, 6.45) is 0. The molecule has 3 heterocycles. The standard InChI is InChI=1S/C49H31NO2/c1-3-15-32(16-4-1)36-21-14-28-46-48(36)49(39-23-9-12-27-44(39)52-46)38-22-8-11-26-43(38)51-45-30-29-33(31-40(45)49)35-20-13-25-42-47(35)37-19-7-10-24-41(37)50(42)34-17-5-2-6-18-34/h1-31H. The molecule has 52 heavy (non-hydrogen) atoms. The highest BCUT2D eigenvalue weighted by molar-refractivity contribution is 6.15. The summed E-state index contributed by atoms with van der Waals surface area (Å²) in [5, 5.41) is 2.45. The number of rotatable bonds is 3. The van der Waals surface area contributed by atoms with Crippen LogP contribution in [0.2, 0.25) is 0 Å². The molecule has 9 aromatic rings. The van der Waals surface area contributed by atoms with Crippen molar-refractivity contribution in [3.8, 4) is 50.9 Å². The first-order valence-electron chi connectivity index (χ1n) is 17.8. The number of aromatic nitrogens is 1. The molecule has 0 aliphatic carbocycles. The van der Waals surface area contributed by atoms with E-state index in [4.69, 9.17) is 9.47 Å². The molecule has 0 fully saturated rings. The first-order chi connectivity index (χ1) is 25.8. The van der Waals surface area contributed by atoms with Gasteiger partial charge in [-0.3, -0.25) is 0 Å². The van der Waals surface area contributed by atoms with E-state index in [2.05, 4.69) is 193 Å². The minimum absolute atomic E-state index is 0.733. The largest absolute Gasteiger partial charge is 0.457 e. The van der Waals surface area contributed by atoms with Crippen LogP contribution in [0.1, 0.15) is 22.3 Å². The number of nitrogens with zero attached hydrogens (tertiary/aromatic N) is 1. The average Bonchev–Trinajstić information content (AvgIpc) is 3.56. The van der Waals surface area contributed by atoms with Gasteiger partial charge in [0.1, 0.15) is 23.0 Å². The minimum Gasteiger partial charge on any atom is -0.457 e. The lowest BCUT2D eigenvalue weighted by Crippen LogP contribution is -2.37. The van der Waals surface area contributed by atoms with Crippen LogP contribution in [0.5, 0.6) is 23.0 Å². The zero-order valence-electron chi connectivity index (χ0n) is 28.2. The molecule has 3 heteroatoms.